The van der Waals surface area contributed by atoms with Gasteiger partial charge in [0.25, 0.3) is 0 Å². The number of aliphatic imine (C=N–C) groups is 2. The molecule has 0 saturated heterocycles. The number of nitrogens with zero attached hydrogens (tertiary/aromatic N) is 4. The summed E-state index contributed by atoms with van der Waals surface area (Å²) in [4.78, 5) is 37.9. The van der Waals surface area contributed by atoms with Crippen LogP contribution in [0.25, 0.3) is 0 Å². The Kier molecular flexibility index (Phi) is 19.5. The summed E-state index contributed by atoms with van der Waals surface area (Å²) in [5.41, 5.74) is 6.06. The Bertz CT molecular complexity index is 1060. The minimum atomic E-state index is -3.64. The minimum Gasteiger partial charge on any atom is -0.473 e. The normalized spacial score (nSPS) is 14.4. The van der Waals surface area contributed by atoms with Crippen molar-refractivity contribution < 1.29 is 33.1 Å². The number of imidazole rings is 1. The lowest BCUT2D eigenvalue weighted by atomic mass is 10.2. The number of hydrogen-bond donors (Lipinski definition) is 3. The van der Waals surface area contributed by atoms with Crippen LogP contribution >= 0.6 is 7.44 Å². The van der Waals surface area contributed by atoms with Gasteiger partial charge in [0.1, 0.15) is 18.4 Å². The average Bonchev–Trinajstić information content (AvgIpc) is 3.39. The third-order valence-electron chi connectivity index (χ3n) is 6.44. The fourth-order valence-corrected chi connectivity index (χ4v) is 6.01. The first-order valence-corrected chi connectivity index (χ1v) is 17.4. The highest BCUT2D eigenvalue weighted by molar-refractivity contribution is 7.59. The summed E-state index contributed by atoms with van der Waals surface area (Å²) < 4.78 is 38.0. The van der Waals surface area contributed by atoms with E-state index in [1.807, 2.05) is 20.8 Å². The molecule has 1 aromatic heterocycles. The number of hydrogen-bond acceptors (Lipinski definition) is 10. The van der Waals surface area contributed by atoms with Crippen LogP contribution in [0.3, 0.4) is 0 Å². The largest absolute Gasteiger partial charge is 0.473 e. The maximum absolute atomic E-state index is 13.9. The fourth-order valence-electron chi connectivity index (χ4n) is 3.93. The van der Waals surface area contributed by atoms with E-state index in [2.05, 4.69) is 32.1 Å². The maximum atomic E-state index is 13.9. The fraction of sp³-hybridized carbons (Fsp3) is 0.759. The van der Waals surface area contributed by atoms with Gasteiger partial charge >= 0.3 is 11.9 Å². The van der Waals surface area contributed by atoms with Crippen molar-refractivity contribution in [3.8, 4) is 0 Å². The number of nitrogens with two attached hydrogens (primary N) is 1. The smallest absolute Gasteiger partial charge is 0.323 e. The molecule has 0 aliphatic carbocycles. The third-order valence-corrected chi connectivity index (χ3v) is 8.59. The second kappa shape index (κ2) is 21.8. The first-order valence-electron chi connectivity index (χ1n) is 15.5. The molecule has 0 fully saturated rings. The summed E-state index contributed by atoms with van der Waals surface area (Å²) in [5, 5.41) is 5.62. The highest BCUT2D eigenvalue weighted by atomic mass is 31.2. The lowest BCUT2D eigenvalue weighted by molar-refractivity contribution is -0.145. The number of carbonyl (C=O) groups is 2. The Morgan fingerprint density at radius 1 is 1.00 bits per heavy atom. The summed E-state index contributed by atoms with van der Waals surface area (Å²) in [6, 6.07) is -1.82. The van der Waals surface area contributed by atoms with E-state index < -0.39 is 31.5 Å². The number of nitrogens with one attached hydrogen (secondary N) is 2. The SMILES string of the molecule is CCCCOC(=O)[C@H](C)NP(=O)(COCCn1cnc(C(=NC)OC(C)CCCC)c1/N=C/N)N[C@@H](C)C(=O)OCCCC. The number of ether oxygens (including phenoxy) is 4. The Balaban J connectivity index is 2.98. The summed E-state index contributed by atoms with van der Waals surface area (Å²) in [6.45, 7) is 12.1. The van der Waals surface area contributed by atoms with Crippen molar-refractivity contribution >= 4 is 37.4 Å². The number of rotatable bonds is 23. The van der Waals surface area contributed by atoms with Gasteiger partial charge in [0, 0.05) is 13.6 Å². The average molecular weight is 644 g/mol. The molecular formula is C29H54N7O7P. The van der Waals surface area contributed by atoms with Gasteiger partial charge in [-0.2, -0.15) is 0 Å². The zero-order valence-corrected chi connectivity index (χ0v) is 28.4. The molecule has 1 aromatic rings. The van der Waals surface area contributed by atoms with Gasteiger partial charge in [0.05, 0.1) is 38.6 Å². The molecule has 0 aromatic carbocycles. The first kappa shape index (κ1) is 39.2. The lowest BCUT2D eigenvalue weighted by Gasteiger charge is -2.26. The number of unbranched alkanes of at least 4 members (excludes halogenated alkanes) is 3. The molecule has 4 N–H and O–H groups in total. The monoisotopic (exact) mass is 643 g/mol. The molecule has 0 bridgehead atoms. The molecule has 14 nitrogen and oxygen atoms in total. The van der Waals surface area contributed by atoms with Crippen molar-refractivity contribution in [2.24, 2.45) is 15.7 Å². The Morgan fingerprint density at radius 2 is 1.57 bits per heavy atom. The van der Waals surface area contributed by atoms with E-state index in [9.17, 15) is 14.2 Å². The summed E-state index contributed by atoms with van der Waals surface area (Å²) in [6.07, 6.45) is 8.53. The van der Waals surface area contributed by atoms with E-state index in [1.54, 1.807) is 31.8 Å². The van der Waals surface area contributed by atoms with Gasteiger partial charge in [0.2, 0.25) is 13.3 Å². The number of esters is 2. The molecule has 3 atom stereocenters. The number of carbonyl (C=O) groups excluding carboxylic acids is 2. The Hall–Kier alpha value is -2.80. The molecule has 44 heavy (non-hydrogen) atoms. The highest BCUT2D eigenvalue weighted by Crippen LogP contribution is 2.37. The quantitative estimate of drug-likeness (QED) is 0.0509. The first-order chi connectivity index (χ1) is 21.0. The third kappa shape index (κ3) is 14.3. The summed E-state index contributed by atoms with van der Waals surface area (Å²) in [5.74, 6) is -0.306. The van der Waals surface area contributed by atoms with E-state index in [4.69, 9.17) is 24.7 Å². The van der Waals surface area contributed by atoms with Crippen molar-refractivity contribution in [1.29, 1.82) is 0 Å². The molecule has 0 amide bonds. The summed E-state index contributed by atoms with van der Waals surface area (Å²) >= 11 is 0. The van der Waals surface area contributed by atoms with Gasteiger partial charge in [0.15, 0.2) is 11.5 Å². The Labute approximate surface area is 262 Å². The van der Waals surface area contributed by atoms with Crippen LogP contribution in [-0.4, -0.2) is 85.1 Å². The van der Waals surface area contributed by atoms with Crippen LogP contribution in [0.4, 0.5) is 5.82 Å². The number of aromatic nitrogens is 2. The van der Waals surface area contributed by atoms with Crippen LogP contribution in [0, 0.1) is 0 Å². The zero-order valence-electron chi connectivity index (χ0n) is 27.5. The maximum Gasteiger partial charge on any atom is 0.323 e. The van der Waals surface area contributed by atoms with Crippen LogP contribution in [0.5, 0.6) is 0 Å². The molecule has 1 rings (SSSR count). The molecule has 0 spiro atoms. The molecule has 252 valence electrons. The molecule has 1 heterocycles. The van der Waals surface area contributed by atoms with Gasteiger partial charge in [-0.05, 0) is 40.0 Å². The van der Waals surface area contributed by atoms with Crippen LogP contribution in [0.15, 0.2) is 16.3 Å². The molecular weight excluding hydrogens is 589 g/mol. The van der Waals surface area contributed by atoms with E-state index in [0.29, 0.717) is 17.4 Å². The zero-order chi connectivity index (χ0) is 33.0. The van der Waals surface area contributed by atoms with Crippen LogP contribution < -0.4 is 15.9 Å². The van der Waals surface area contributed by atoms with Gasteiger partial charge in [-0.25, -0.2) is 20.2 Å². The topological polar surface area (TPSA) is 181 Å². The molecule has 0 aliphatic rings. The molecule has 15 heteroatoms. The standard InChI is InChI=1S/C29H54N7O7P/c1-8-11-14-22(4)43-27(31-7)25-26(32-19-30)36(20-33-25)15-18-40-21-44(39,34-23(5)28(37)41-16-12-9-2)35-24(6)29(38)42-17-13-10-3/h19-20,22-24H,8-18,21H2,1-7H3,(H2,30,32)(H2,34,35,39)/t22?,23-,24-/m0/s1. The molecule has 0 aliphatic heterocycles. The van der Waals surface area contributed by atoms with Crippen LogP contribution in [-0.2, 0) is 39.6 Å². The second-order valence-corrected chi connectivity index (χ2v) is 12.8. The van der Waals surface area contributed by atoms with Gasteiger partial charge in [-0.15, -0.1) is 0 Å². The minimum absolute atomic E-state index is 0.0522. The van der Waals surface area contributed by atoms with Gasteiger partial charge < -0.3 is 29.2 Å². The van der Waals surface area contributed by atoms with E-state index in [0.717, 1.165) is 51.3 Å². The Morgan fingerprint density at radius 3 is 2.07 bits per heavy atom. The highest BCUT2D eigenvalue weighted by Gasteiger charge is 2.32. The van der Waals surface area contributed by atoms with Crippen LogP contribution in [0.2, 0.25) is 0 Å². The van der Waals surface area contributed by atoms with E-state index >= 15 is 0 Å². The van der Waals surface area contributed by atoms with Crippen molar-refractivity contribution in [2.75, 3.05) is 33.2 Å². The lowest BCUT2D eigenvalue weighted by Crippen LogP contribution is -2.43. The van der Waals surface area contributed by atoms with Crippen LogP contribution in [0.1, 0.15) is 92.2 Å². The van der Waals surface area contributed by atoms with E-state index in [-0.39, 0.29) is 38.8 Å². The predicted octanol–water partition coefficient (Wildman–Crippen LogP) is 4.28. The molecule has 0 saturated carbocycles. The molecule has 0 radical (unpaired) electrons. The van der Waals surface area contributed by atoms with Crippen molar-refractivity contribution in [1.82, 2.24) is 19.7 Å². The van der Waals surface area contributed by atoms with Gasteiger partial charge in [-0.1, -0.05) is 46.5 Å². The van der Waals surface area contributed by atoms with Gasteiger partial charge in [-0.3, -0.25) is 19.1 Å². The summed E-state index contributed by atoms with van der Waals surface area (Å²) in [7, 11) is -2.02. The second-order valence-electron chi connectivity index (χ2n) is 10.5. The van der Waals surface area contributed by atoms with Crippen molar-refractivity contribution in [2.45, 2.75) is 111 Å². The van der Waals surface area contributed by atoms with Crippen molar-refractivity contribution in [3.05, 3.63) is 12.0 Å². The molecule has 1 unspecified atom stereocenters. The van der Waals surface area contributed by atoms with E-state index in [1.165, 1.54) is 0 Å². The van der Waals surface area contributed by atoms with Crippen molar-refractivity contribution in [3.63, 3.8) is 0 Å². The predicted molar refractivity (Wildman–Crippen MR) is 172 cm³/mol.